The maximum Gasteiger partial charge on any atom is 0.175 e. The molecule has 0 unspecified atom stereocenters. The second-order valence-electron chi connectivity index (χ2n) is 4.09. The van der Waals surface area contributed by atoms with Gasteiger partial charge in [0.1, 0.15) is 5.82 Å². The normalized spacial score (nSPS) is 17.7. The molecule has 0 amide bonds. The van der Waals surface area contributed by atoms with Crippen LogP contribution in [0.15, 0.2) is 22.8 Å². The number of fused-ring (bicyclic) bond motifs is 1. The number of hydrogen-bond donors (Lipinski definition) is 0. The van der Waals surface area contributed by atoms with Gasteiger partial charge in [-0.25, -0.2) is 0 Å². The first-order chi connectivity index (χ1) is 7.36. The van der Waals surface area contributed by atoms with E-state index >= 15 is 0 Å². The molecular weight excluding hydrogens is 254 g/mol. The summed E-state index contributed by atoms with van der Waals surface area (Å²) in [7, 11) is 0. The van der Waals surface area contributed by atoms with E-state index in [-0.39, 0.29) is 0 Å². The lowest BCUT2D eigenvalue weighted by atomic mass is 10.1. The van der Waals surface area contributed by atoms with Gasteiger partial charge in [-0.1, -0.05) is 12.8 Å². The Hall–Kier alpha value is -0.900. The highest BCUT2D eigenvalue weighted by Gasteiger charge is 2.22. The van der Waals surface area contributed by atoms with E-state index in [1.165, 1.54) is 25.7 Å². The van der Waals surface area contributed by atoms with Crippen LogP contribution in [0.4, 0.5) is 0 Å². The molecule has 1 fully saturated rings. The molecule has 0 atom stereocenters. The van der Waals surface area contributed by atoms with Crippen molar-refractivity contribution in [2.24, 2.45) is 0 Å². The Bertz CT molecular complexity index is 486. The highest BCUT2D eigenvalue weighted by atomic mass is 79.9. The number of pyridine rings is 1. The molecule has 15 heavy (non-hydrogen) atoms. The van der Waals surface area contributed by atoms with E-state index in [1.54, 1.807) is 0 Å². The monoisotopic (exact) mass is 265 g/mol. The Morgan fingerprint density at radius 1 is 1.27 bits per heavy atom. The van der Waals surface area contributed by atoms with Gasteiger partial charge in [-0.15, -0.1) is 10.2 Å². The average molecular weight is 266 g/mol. The maximum absolute atomic E-state index is 4.32. The first-order valence-electron chi connectivity index (χ1n) is 5.35. The van der Waals surface area contributed by atoms with E-state index in [2.05, 4.69) is 30.5 Å². The molecule has 1 aliphatic carbocycles. The minimum atomic E-state index is 0.606. The molecule has 78 valence electrons. The molecule has 0 radical (unpaired) electrons. The molecule has 0 aliphatic heterocycles. The van der Waals surface area contributed by atoms with Crippen molar-refractivity contribution >= 4 is 21.6 Å². The van der Waals surface area contributed by atoms with E-state index in [9.17, 15) is 0 Å². The summed E-state index contributed by atoms with van der Waals surface area (Å²) in [6.45, 7) is 0. The minimum absolute atomic E-state index is 0.606. The molecular formula is C11H12BrN3. The fraction of sp³-hybridized carbons (Fsp3) is 0.455. The first-order valence-corrected chi connectivity index (χ1v) is 6.15. The van der Waals surface area contributed by atoms with Crippen LogP contribution >= 0.6 is 15.9 Å². The summed E-state index contributed by atoms with van der Waals surface area (Å²) < 4.78 is 3.13. The average Bonchev–Trinajstić information content (AvgIpc) is 2.85. The zero-order valence-corrected chi connectivity index (χ0v) is 9.94. The summed E-state index contributed by atoms with van der Waals surface area (Å²) in [6, 6.07) is 4.03. The third kappa shape index (κ3) is 1.47. The Kier molecular flexibility index (Phi) is 2.24. The molecule has 1 saturated carbocycles. The second-order valence-corrected chi connectivity index (χ2v) is 4.94. The van der Waals surface area contributed by atoms with Gasteiger partial charge in [-0.05, 0) is 40.9 Å². The fourth-order valence-corrected chi connectivity index (χ4v) is 2.79. The summed E-state index contributed by atoms with van der Waals surface area (Å²) in [6.07, 6.45) is 7.22. The number of nitrogens with zero attached hydrogens (tertiary/aromatic N) is 3. The largest absolute Gasteiger partial charge is 0.285 e. The van der Waals surface area contributed by atoms with Crippen molar-refractivity contribution in [2.45, 2.75) is 31.6 Å². The van der Waals surface area contributed by atoms with Gasteiger partial charge in [0.15, 0.2) is 5.65 Å². The Morgan fingerprint density at radius 3 is 2.87 bits per heavy atom. The molecule has 3 rings (SSSR count). The van der Waals surface area contributed by atoms with E-state index in [4.69, 9.17) is 0 Å². The predicted molar refractivity (Wildman–Crippen MR) is 61.9 cm³/mol. The molecule has 0 N–H and O–H groups in total. The maximum atomic E-state index is 4.32. The van der Waals surface area contributed by atoms with Crippen LogP contribution in [0.5, 0.6) is 0 Å². The van der Waals surface area contributed by atoms with Crippen molar-refractivity contribution in [2.75, 3.05) is 0 Å². The number of hydrogen-bond acceptors (Lipinski definition) is 2. The van der Waals surface area contributed by atoms with Gasteiger partial charge in [0.2, 0.25) is 0 Å². The van der Waals surface area contributed by atoms with Crippen molar-refractivity contribution in [3.63, 3.8) is 0 Å². The third-order valence-corrected chi connectivity index (χ3v) is 3.75. The molecule has 3 nitrogen and oxygen atoms in total. The zero-order chi connectivity index (χ0) is 10.3. The van der Waals surface area contributed by atoms with Crippen LogP contribution < -0.4 is 0 Å². The van der Waals surface area contributed by atoms with Crippen molar-refractivity contribution in [3.05, 3.63) is 28.6 Å². The van der Waals surface area contributed by atoms with Crippen molar-refractivity contribution in [1.82, 2.24) is 14.6 Å². The topological polar surface area (TPSA) is 30.2 Å². The van der Waals surface area contributed by atoms with Gasteiger partial charge in [0.05, 0.1) is 4.47 Å². The molecule has 4 heteroatoms. The molecule has 2 aromatic heterocycles. The number of aromatic nitrogens is 3. The highest BCUT2D eigenvalue weighted by molar-refractivity contribution is 9.10. The SMILES string of the molecule is Brc1cccn2c(C3CCCC3)nnc12. The van der Waals surface area contributed by atoms with Crippen molar-refractivity contribution < 1.29 is 0 Å². The van der Waals surface area contributed by atoms with Gasteiger partial charge in [0.25, 0.3) is 0 Å². The third-order valence-electron chi connectivity index (χ3n) is 3.13. The summed E-state index contributed by atoms with van der Waals surface area (Å²) in [5, 5.41) is 8.55. The van der Waals surface area contributed by atoms with Gasteiger partial charge >= 0.3 is 0 Å². The Balaban J connectivity index is 2.15. The first kappa shape index (κ1) is 9.33. The smallest absolute Gasteiger partial charge is 0.175 e. The lowest BCUT2D eigenvalue weighted by Crippen LogP contribution is -1.99. The van der Waals surface area contributed by atoms with Crippen LogP contribution in [0, 0.1) is 0 Å². The quantitative estimate of drug-likeness (QED) is 0.793. The summed E-state index contributed by atoms with van der Waals surface area (Å²) in [5.41, 5.74) is 0.930. The standard InChI is InChI=1S/C11H12BrN3/c12-9-6-3-7-15-10(13-14-11(9)15)8-4-1-2-5-8/h3,6-8H,1-2,4-5H2. The molecule has 2 aromatic rings. The molecule has 0 aromatic carbocycles. The van der Waals surface area contributed by atoms with Crippen molar-refractivity contribution in [3.8, 4) is 0 Å². The minimum Gasteiger partial charge on any atom is -0.285 e. The lowest BCUT2D eigenvalue weighted by Gasteiger charge is -2.06. The lowest BCUT2D eigenvalue weighted by molar-refractivity contribution is 0.658. The van der Waals surface area contributed by atoms with Crippen LogP contribution in [0.2, 0.25) is 0 Å². The number of rotatable bonds is 1. The van der Waals surface area contributed by atoms with E-state index < -0.39 is 0 Å². The second kappa shape index (κ2) is 3.59. The summed E-state index contributed by atoms with van der Waals surface area (Å²) in [4.78, 5) is 0. The Labute approximate surface area is 96.6 Å². The Morgan fingerprint density at radius 2 is 2.07 bits per heavy atom. The highest BCUT2D eigenvalue weighted by Crippen LogP contribution is 2.33. The van der Waals surface area contributed by atoms with Crippen LogP contribution in [-0.2, 0) is 0 Å². The van der Waals surface area contributed by atoms with Gasteiger partial charge in [0, 0.05) is 12.1 Å². The van der Waals surface area contributed by atoms with E-state index in [0.717, 1.165) is 15.9 Å². The summed E-state index contributed by atoms with van der Waals surface area (Å²) >= 11 is 3.50. The van der Waals surface area contributed by atoms with Gasteiger partial charge in [-0.3, -0.25) is 4.40 Å². The fourth-order valence-electron chi connectivity index (χ4n) is 2.36. The molecule has 0 saturated heterocycles. The number of halogens is 1. The molecule has 1 aliphatic rings. The van der Waals surface area contributed by atoms with Crippen LogP contribution in [0.1, 0.15) is 37.4 Å². The van der Waals surface area contributed by atoms with E-state index in [0.29, 0.717) is 5.92 Å². The van der Waals surface area contributed by atoms with Crippen LogP contribution in [0.25, 0.3) is 5.65 Å². The predicted octanol–water partition coefficient (Wildman–Crippen LogP) is 3.15. The molecule has 0 spiro atoms. The molecule has 2 heterocycles. The van der Waals surface area contributed by atoms with E-state index in [1.807, 2.05) is 18.3 Å². The van der Waals surface area contributed by atoms with Gasteiger partial charge in [-0.2, -0.15) is 0 Å². The van der Waals surface area contributed by atoms with Crippen molar-refractivity contribution in [1.29, 1.82) is 0 Å². The van der Waals surface area contributed by atoms with Gasteiger partial charge < -0.3 is 0 Å². The van der Waals surface area contributed by atoms with Crippen LogP contribution in [0.3, 0.4) is 0 Å². The summed E-state index contributed by atoms with van der Waals surface area (Å²) in [5.74, 6) is 1.73. The van der Waals surface area contributed by atoms with Crippen LogP contribution in [-0.4, -0.2) is 14.6 Å². The zero-order valence-electron chi connectivity index (χ0n) is 8.36. The molecule has 0 bridgehead atoms.